The van der Waals surface area contributed by atoms with Crippen LogP contribution in [0, 0.1) is 5.82 Å². The molecule has 0 N–H and O–H groups in total. The molecule has 0 unspecified atom stereocenters. The van der Waals surface area contributed by atoms with Crippen molar-refractivity contribution in [3.8, 4) is 0 Å². The van der Waals surface area contributed by atoms with Gasteiger partial charge in [-0.2, -0.15) is 0 Å². The molecular formula is C8H4BrFS2. The third-order valence-corrected chi connectivity index (χ3v) is 3.62. The van der Waals surface area contributed by atoms with E-state index < -0.39 is 0 Å². The van der Waals surface area contributed by atoms with Gasteiger partial charge in [0, 0.05) is 15.0 Å². The van der Waals surface area contributed by atoms with Crippen molar-refractivity contribution in [2.75, 3.05) is 0 Å². The van der Waals surface area contributed by atoms with Gasteiger partial charge < -0.3 is 0 Å². The Kier molecular flexibility index (Phi) is 2.14. The predicted octanol–water partition coefficient (Wildman–Crippen LogP) is 4.09. The van der Waals surface area contributed by atoms with E-state index in [-0.39, 0.29) is 5.82 Å². The van der Waals surface area contributed by atoms with Crippen molar-refractivity contribution >= 4 is 50.0 Å². The van der Waals surface area contributed by atoms with Gasteiger partial charge in [0.25, 0.3) is 0 Å². The third kappa shape index (κ3) is 1.28. The number of fused-ring (bicyclic) bond motifs is 1. The van der Waals surface area contributed by atoms with Crippen LogP contribution in [0.4, 0.5) is 4.39 Å². The van der Waals surface area contributed by atoms with E-state index >= 15 is 0 Å². The van der Waals surface area contributed by atoms with E-state index in [0.717, 1.165) is 9.60 Å². The van der Waals surface area contributed by atoms with Gasteiger partial charge in [-0.05, 0) is 34.1 Å². The van der Waals surface area contributed by atoms with Crippen LogP contribution in [0.15, 0.2) is 26.9 Å². The Balaban J connectivity index is 2.88. The van der Waals surface area contributed by atoms with Crippen LogP contribution in [0.5, 0.6) is 0 Å². The Labute approximate surface area is 86.9 Å². The van der Waals surface area contributed by atoms with Gasteiger partial charge in [0.2, 0.25) is 0 Å². The molecule has 0 nitrogen and oxygen atoms in total. The zero-order valence-electron chi connectivity index (χ0n) is 5.84. The van der Waals surface area contributed by atoms with Gasteiger partial charge in [-0.15, -0.1) is 24.0 Å². The van der Waals surface area contributed by atoms with Crippen LogP contribution in [0.2, 0.25) is 0 Å². The highest BCUT2D eigenvalue weighted by Gasteiger charge is 2.08. The molecule has 0 saturated carbocycles. The van der Waals surface area contributed by atoms with E-state index in [1.54, 1.807) is 6.07 Å². The maximum atomic E-state index is 13.3. The summed E-state index contributed by atoms with van der Waals surface area (Å²) in [5, 5.41) is 0.638. The molecular weight excluding hydrogens is 259 g/mol. The lowest BCUT2D eigenvalue weighted by molar-refractivity contribution is 0.638. The molecule has 0 spiro atoms. The Morgan fingerprint density at radius 1 is 1.42 bits per heavy atom. The van der Waals surface area contributed by atoms with Crippen molar-refractivity contribution in [2.45, 2.75) is 4.90 Å². The summed E-state index contributed by atoms with van der Waals surface area (Å²) in [6.07, 6.45) is 0. The van der Waals surface area contributed by atoms with Crippen LogP contribution in [-0.4, -0.2) is 0 Å². The number of rotatable bonds is 0. The monoisotopic (exact) mass is 262 g/mol. The molecule has 62 valence electrons. The van der Waals surface area contributed by atoms with Gasteiger partial charge in [0.1, 0.15) is 3.79 Å². The average molecular weight is 263 g/mol. The summed E-state index contributed by atoms with van der Waals surface area (Å²) in [5.74, 6) is -0.189. The Morgan fingerprint density at radius 3 is 2.92 bits per heavy atom. The van der Waals surface area contributed by atoms with Crippen molar-refractivity contribution in [3.05, 3.63) is 27.8 Å². The molecule has 0 atom stereocenters. The summed E-state index contributed by atoms with van der Waals surface area (Å²) in [7, 11) is 0. The molecule has 0 saturated heterocycles. The van der Waals surface area contributed by atoms with Gasteiger partial charge in [0.15, 0.2) is 5.82 Å². The zero-order valence-corrected chi connectivity index (χ0v) is 9.14. The van der Waals surface area contributed by atoms with Crippen LogP contribution in [0.1, 0.15) is 0 Å². The van der Waals surface area contributed by atoms with Crippen LogP contribution in [0.3, 0.4) is 0 Å². The van der Waals surface area contributed by atoms with E-state index in [2.05, 4.69) is 28.6 Å². The standard InChI is InChI=1S/C8H4BrFS2/c9-8-7(10)5-3-4(11)1-2-6(5)12-8/h1-3,11H. The smallest absolute Gasteiger partial charge is 0.156 e. The first-order valence-electron chi connectivity index (χ1n) is 3.25. The fourth-order valence-electron chi connectivity index (χ4n) is 1.03. The summed E-state index contributed by atoms with van der Waals surface area (Å²) < 4.78 is 14.8. The first-order valence-corrected chi connectivity index (χ1v) is 5.30. The highest BCUT2D eigenvalue weighted by Crippen LogP contribution is 2.34. The number of benzene rings is 1. The molecule has 0 aliphatic carbocycles. The lowest BCUT2D eigenvalue weighted by Gasteiger charge is -1.90. The topological polar surface area (TPSA) is 0 Å². The second-order valence-corrected chi connectivity index (χ2v) is 5.26. The van der Waals surface area contributed by atoms with E-state index in [9.17, 15) is 4.39 Å². The van der Waals surface area contributed by atoms with Crippen LogP contribution < -0.4 is 0 Å². The molecule has 1 aromatic heterocycles. The second kappa shape index (κ2) is 3.01. The van der Waals surface area contributed by atoms with Gasteiger partial charge in [0.05, 0.1) is 0 Å². The molecule has 4 heteroatoms. The quantitative estimate of drug-likeness (QED) is 0.680. The highest BCUT2D eigenvalue weighted by molar-refractivity contribution is 9.11. The molecule has 2 aromatic rings. The first-order chi connectivity index (χ1) is 5.68. The summed E-state index contributed by atoms with van der Waals surface area (Å²) in [6, 6.07) is 5.46. The molecule has 0 aliphatic heterocycles. The Morgan fingerprint density at radius 2 is 2.17 bits per heavy atom. The van der Waals surface area contributed by atoms with E-state index in [1.807, 2.05) is 12.1 Å². The molecule has 0 fully saturated rings. The molecule has 1 aromatic carbocycles. The van der Waals surface area contributed by atoms with Crippen molar-refractivity contribution in [1.82, 2.24) is 0 Å². The molecule has 1 heterocycles. The minimum absolute atomic E-state index is 0.189. The maximum Gasteiger partial charge on any atom is 0.156 e. The van der Waals surface area contributed by atoms with Gasteiger partial charge in [-0.3, -0.25) is 0 Å². The summed E-state index contributed by atoms with van der Waals surface area (Å²) in [4.78, 5) is 0.784. The van der Waals surface area contributed by atoms with Gasteiger partial charge in [-0.1, -0.05) is 0 Å². The average Bonchev–Trinajstić information content (AvgIpc) is 2.31. The number of halogens is 2. The number of hydrogen-bond donors (Lipinski definition) is 1. The minimum Gasteiger partial charge on any atom is -0.204 e. The normalized spacial score (nSPS) is 10.9. The number of hydrogen-bond acceptors (Lipinski definition) is 2. The molecule has 0 radical (unpaired) electrons. The summed E-state index contributed by atoms with van der Waals surface area (Å²) in [6.45, 7) is 0. The maximum absolute atomic E-state index is 13.3. The predicted molar refractivity (Wildman–Crippen MR) is 56.7 cm³/mol. The lowest BCUT2D eigenvalue weighted by Crippen LogP contribution is -1.69. The molecule has 2 rings (SSSR count). The van der Waals surface area contributed by atoms with E-state index in [4.69, 9.17) is 0 Å². The molecule has 0 bridgehead atoms. The highest BCUT2D eigenvalue weighted by atomic mass is 79.9. The van der Waals surface area contributed by atoms with Gasteiger partial charge in [-0.25, -0.2) is 4.39 Å². The molecule has 12 heavy (non-hydrogen) atoms. The minimum atomic E-state index is -0.189. The molecule has 0 amide bonds. The fourth-order valence-corrected chi connectivity index (χ4v) is 2.75. The van der Waals surface area contributed by atoms with Crippen LogP contribution in [-0.2, 0) is 0 Å². The van der Waals surface area contributed by atoms with E-state index in [0.29, 0.717) is 9.17 Å². The molecule has 0 aliphatic rings. The third-order valence-electron chi connectivity index (χ3n) is 1.57. The van der Waals surface area contributed by atoms with Crippen LogP contribution in [0.25, 0.3) is 10.1 Å². The lowest BCUT2D eigenvalue weighted by atomic mass is 10.2. The van der Waals surface area contributed by atoms with Gasteiger partial charge >= 0.3 is 0 Å². The number of thiophene rings is 1. The van der Waals surface area contributed by atoms with E-state index in [1.165, 1.54) is 11.3 Å². The first kappa shape index (κ1) is 8.53. The number of thiol groups is 1. The second-order valence-electron chi connectivity index (χ2n) is 2.37. The van der Waals surface area contributed by atoms with Crippen molar-refractivity contribution < 1.29 is 4.39 Å². The summed E-state index contributed by atoms with van der Waals surface area (Å²) >= 11 is 8.69. The van der Waals surface area contributed by atoms with Crippen molar-refractivity contribution in [3.63, 3.8) is 0 Å². The van der Waals surface area contributed by atoms with Crippen LogP contribution >= 0.6 is 39.9 Å². The fraction of sp³-hybridized carbons (Fsp3) is 0. The van der Waals surface area contributed by atoms with Crippen molar-refractivity contribution in [2.24, 2.45) is 0 Å². The zero-order chi connectivity index (χ0) is 8.72. The Bertz CT molecular complexity index is 436. The summed E-state index contributed by atoms with van der Waals surface area (Å²) in [5.41, 5.74) is 0. The van der Waals surface area contributed by atoms with Crippen molar-refractivity contribution in [1.29, 1.82) is 0 Å². The largest absolute Gasteiger partial charge is 0.204 e. The SMILES string of the molecule is Fc1c(Br)sc2ccc(S)cc12. The Hall–Kier alpha value is -0.0600.